The highest BCUT2D eigenvalue weighted by Crippen LogP contribution is 2.44. The van der Waals surface area contributed by atoms with Crippen molar-refractivity contribution >= 4 is 46.3 Å². The monoisotopic (exact) mass is 547 g/mol. The van der Waals surface area contributed by atoms with Crippen molar-refractivity contribution in [3.8, 4) is 11.1 Å². The van der Waals surface area contributed by atoms with Crippen LogP contribution in [-0.4, -0.2) is 29.8 Å². The summed E-state index contributed by atoms with van der Waals surface area (Å²) in [5.41, 5.74) is 5.18. The molecule has 0 bridgehead atoms. The van der Waals surface area contributed by atoms with Crippen LogP contribution in [0.3, 0.4) is 0 Å². The van der Waals surface area contributed by atoms with E-state index in [0.29, 0.717) is 5.02 Å². The minimum Gasteiger partial charge on any atom is -0.480 e. The lowest BCUT2D eigenvalue weighted by molar-refractivity contribution is -0.139. The maximum Gasteiger partial charge on any atom is 0.407 e. The van der Waals surface area contributed by atoms with Crippen molar-refractivity contribution < 1.29 is 19.4 Å². The fourth-order valence-electron chi connectivity index (χ4n) is 3.95. The Labute approximate surface area is 198 Å². The third-order valence-electron chi connectivity index (χ3n) is 5.30. The number of carboxylic acids is 1. The Kier molecular flexibility index (Phi) is 6.48. The van der Waals surface area contributed by atoms with Crippen LogP contribution in [0.5, 0.6) is 0 Å². The van der Waals surface area contributed by atoms with Gasteiger partial charge in [0, 0.05) is 20.9 Å². The van der Waals surface area contributed by atoms with Gasteiger partial charge in [-0.1, -0.05) is 60.1 Å². The Hall–Kier alpha value is -2.58. The van der Waals surface area contributed by atoms with Crippen LogP contribution in [0.2, 0.25) is 5.02 Å². The Morgan fingerprint density at radius 1 is 1.03 bits per heavy atom. The summed E-state index contributed by atoms with van der Waals surface area (Å²) in [6, 6.07) is 20.3. The Morgan fingerprint density at radius 3 is 2.23 bits per heavy atom. The molecule has 0 spiro atoms. The van der Waals surface area contributed by atoms with Gasteiger partial charge in [0.1, 0.15) is 12.6 Å². The van der Waals surface area contributed by atoms with Crippen LogP contribution >= 0.6 is 34.2 Å². The van der Waals surface area contributed by atoms with Crippen molar-refractivity contribution in [1.29, 1.82) is 0 Å². The summed E-state index contributed by atoms with van der Waals surface area (Å²) in [6.07, 6.45) is -0.651. The zero-order chi connectivity index (χ0) is 22.0. The fraction of sp³-hybridized carbons (Fsp3) is 0.167. The summed E-state index contributed by atoms with van der Waals surface area (Å²) in [6.45, 7) is 0.126. The molecular formula is C24H19ClINO4. The van der Waals surface area contributed by atoms with E-state index in [1.54, 1.807) is 12.1 Å². The first-order valence-corrected chi connectivity index (χ1v) is 11.2. The van der Waals surface area contributed by atoms with Crippen LogP contribution < -0.4 is 5.32 Å². The number of rotatable bonds is 6. The third kappa shape index (κ3) is 4.85. The lowest BCUT2D eigenvalue weighted by Crippen LogP contribution is -2.42. The van der Waals surface area contributed by atoms with E-state index in [1.807, 2.05) is 42.5 Å². The van der Waals surface area contributed by atoms with Gasteiger partial charge in [0.15, 0.2) is 0 Å². The van der Waals surface area contributed by atoms with Gasteiger partial charge in [-0.2, -0.15) is 0 Å². The molecule has 31 heavy (non-hydrogen) atoms. The van der Waals surface area contributed by atoms with Crippen molar-refractivity contribution in [2.45, 2.75) is 18.4 Å². The highest BCUT2D eigenvalue weighted by molar-refractivity contribution is 14.1. The van der Waals surface area contributed by atoms with Crippen molar-refractivity contribution in [2.75, 3.05) is 6.61 Å². The first-order chi connectivity index (χ1) is 14.9. The molecule has 0 radical (unpaired) electrons. The molecule has 158 valence electrons. The zero-order valence-electron chi connectivity index (χ0n) is 16.3. The molecule has 0 aromatic heterocycles. The lowest BCUT2D eigenvalue weighted by Gasteiger charge is -2.18. The first-order valence-electron chi connectivity index (χ1n) is 9.71. The Balaban J connectivity index is 1.44. The molecule has 2 N–H and O–H groups in total. The Morgan fingerprint density at radius 2 is 1.65 bits per heavy atom. The van der Waals surface area contributed by atoms with Crippen LogP contribution in [0, 0.1) is 3.57 Å². The fourth-order valence-corrected chi connectivity index (χ4v) is 5.12. The van der Waals surface area contributed by atoms with Gasteiger partial charge in [-0.3, -0.25) is 0 Å². The van der Waals surface area contributed by atoms with Gasteiger partial charge in [-0.25, -0.2) is 9.59 Å². The molecule has 1 unspecified atom stereocenters. The van der Waals surface area contributed by atoms with Gasteiger partial charge in [-0.05, 0) is 68.6 Å². The number of aliphatic carboxylic acids is 1. The largest absolute Gasteiger partial charge is 0.480 e. The predicted octanol–water partition coefficient (Wildman–Crippen LogP) is 5.48. The molecule has 0 heterocycles. The SMILES string of the molecule is O=C(NC(Cc1cc(Cl)cc(I)c1)C(=O)O)OCC1c2ccccc2-c2ccccc21. The maximum absolute atomic E-state index is 12.4. The van der Waals surface area contributed by atoms with Crippen molar-refractivity contribution in [1.82, 2.24) is 5.32 Å². The highest BCUT2D eigenvalue weighted by atomic mass is 127. The first kappa shape index (κ1) is 21.6. The van der Waals surface area contributed by atoms with E-state index < -0.39 is 18.1 Å². The van der Waals surface area contributed by atoms with Crippen molar-refractivity contribution in [3.63, 3.8) is 0 Å². The number of carbonyl (C=O) groups is 2. The second kappa shape index (κ2) is 9.28. The molecule has 0 aliphatic heterocycles. The van der Waals surface area contributed by atoms with E-state index in [9.17, 15) is 14.7 Å². The van der Waals surface area contributed by atoms with E-state index in [-0.39, 0.29) is 18.9 Å². The molecule has 1 atom stereocenters. The number of ether oxygens (including phenoxy) is 1. The van der Waals surface area contributed by atoms with Crippen LogP contribution in [0.4, 0.5) is 4.79 Å². The molecule has 4 rings (SSSR count). The molecule has 1 aliphatic carbocycles. The van der Waals surface area contributed by atoms with Crippen molar-refractivity contribution in [3.05, 3.63) is 92.0 Å². The van der Waals surface area contributed by atoms with Crippen LogP contribution in [0.1, 0.15) is 22.6 Å². The average Bonchev–Trinajstić information content (AvgIpc) is 3.05. The topological polar surface area (TPSA) is 75.6 Å². The smallest absolute Gasteiger partial charge is 0.407 e. The standard InChI is InChI=1S/C24H19ClINO4/c25-15-9-14(10-16(26)12-15)11-22(23(28)29)27-24(30)31-13-21-19-7-3-1-5-17(19)18-6-2-4-8-20(18)21/h1-10,12,21-22H,11,13H2,(H,27,30)(H,28,29). The van der Waals surface area contributed by atoms with Gasteiger partial charge in [0.05, 0.1) is 0 Å². The molecule has 3 aromatic carbocycles. The summed E-state index contributed by atoms with van der Waals surface area (Å²) >= 11 is 8.17. The number of nitrogens with one attached hydrogen (secondary N) is 1. The van der Waals surface area contributed by atoms with Gasteiger partial charge < -0.3 is 15.2 Å². The molecule has 1 amide bonds. The number of amides is 1. The normalized spacial score (nSPS) is 13.2. The van der Waals surface area contributed by atoms with E-state index >= 15 is 0 Å². The summed E-state index contributed by atoms with van der Waals surface area (Å²) in [4.78, 5) is 24.1. The Bertz CT molecular complexity index is 1080. The van der Waals surface area contributed by atoms with Gasteiger partial charge >= 0.3 is 12.1 Å². The predicted molar refractivity (Wildman–Crippen MR) is 128 cm³/mol. The quantitative estimate of drug-likeness (QED) is 0.401. The van der Waals surface area contributed by atoms with Gasteiger partial charge in [0.25, 0.3) is 0 Å². The second-order valence-electron chi connectivity index (χ2n) is 7.34. The number of carbonyl (C=O) groups excluding carboxylic acids is 1. The maximum atomic E-state index is 12.4. The molecule has 7 heteroatoms. The van der Waals surface area contributed by atoms with E-state index in [0.717, 1.165) is 31.4 Å². The molecule has 0 saturated carbocycles. The highest BCUT2D eigenvalue weighted by Gasteiger charge is 2.29. The molecule has 0 fully saturated rings. The number of benzene rings is 3. The molecule has 5 nitrogen and oxygen atoms in total. The number of alkyl carbamates (subject to hydrolysis) is 1. The van der Waals surface area contributed by atoms with Crippen LogP contribution in [-0.2, 0) is 16.0 Å². The summed E-state index contributed by atoms with van der Waals surface area (Å²) in [5, 5.41) is 12.5. The van der Waals surface area contributed by atoms with Crippen LogP contribution in [0.25, 0.3) is 11.1 Å². The average molecular weight is 548 g/mol. The molecule has 0 saturated heterocycles. The minimum atomic E-state index is -1.14. The van der Waals surface area contributed by atoms with E-state index in [1.165, 1.54) is 0 Å². The second-order valence-corrected chi connectivity index (χ2v) is 9.02. The number of carboxylic acid groups (broad SMARTS) is 1. The third-order valence-corrected chi connectivity index (χ3v) is 6.14. The lowest BCUT2D eigenvalue weighted by atomic mass is 9.98. The minimum absolute atomic E-state index is 0.0871. The molecular weight excluding hydrogens is 529 g/mol. The number of fused-ring (bicyclic) bond motifs is 3. The summed E-state index contributed by atoms with van der Waals surface area (Å²) < 4.78 is 6.36. The van der Waals surface area contributed by atoms with E-state index in [4.69, 9.17) is 16.3 Å². The summed E-state index contributed by atoms with van der Waals surface area (Å²) in [5.74, 6) is -1.22. The van der Waals surface area contributed by atoms with Crippen molar-refractivity contribution in [2.24, 2.45) is 0 Å². The molecule has 3 aromatic rings. The van der Waals surface area contributed by atoms with Gasteiger partial charge in [0.2, 0.25) is 0 Å². The molecule has 1 aliphatic rings. The number of hydrogen-bond donors (Lipinski definition) is 2. The summed E-state index contributed by atoms with van der Waals surface area (Å²) in [7, 11) is 0. The number of halogens is 2. The van der Waals surface area contributed by atoms with E-state index in [2.05, 4.69) is 40.0 Å². The number of hydrogen-bond acceptors (Lipinski definition) is 3. The van der Waals surface area contributed by atoms with Crippen LogP contribution in [0.15, 0.2) is 66.7 Å². The zero-order valence-corrected chi connectivity index (χ0v) is 19.3. The van der Waals surface area contributed by atoms with Gasteiger partial charge in [-0.15, -0.1) is 0 Å².